The molecule has 0 atom stereocenters. The number of hydrogen-bond donors (Lipinski definition) is 0. The van der Waals surface area contributed by atoms with Gasteiger partial charge in [0.25, 0.3) is 17.5 Å². The number of benzene rings is 6. The van der Waals surface area contributed by atoms with Crippen molar-refractivity contribution in [2.45, 2.75) is 99.7 Å². The lowest BCUT2D eigenvalue weighted by Crippen LogP contribution is -2.32. The summed E-state index contributed by atoms with van der Waals surface area (Å²) in [7, 11) is 6.53. The van der Waals surface area contributed by atoms with Gasteiger partial charge < -0.3 is 0 Å². The molecule has 3 aromatic heterocycles. The Labute approximate surface area is 373 Å². The fraction of sp³-hybridized carbons (Fsp3) is 0.316. The molecule has 6 heteroatoms. The van der Waals surface area contributed by atoms with Crippen LogP contribution in [0.1, 0.15) is 92.4 Å². The third-order valence-electron chi connectivity index (χ3n) is 15.7. The van der Waals surface area contributed by atoms with Crippen molar-refractivity contribution in [3.63, 3.8) is 0 Å². The lowest BCUT2D eigenvalue weighted by Gasteiger charge is -2.20. The molecule has 63 heavy (non-hydrogen) atoms. The molecule has 3 aliphatic heterocycles. The van der Waals surface area contributed by atoms with Crippen molar-refractivity contribution < 1.29 is 13.7 Å². The zero-order valence-electron chi connectivity index (χ0n) is 40.1. The van der Waals surface area contributed by atoms with Gasteiger partial charge in [-0.25, -0.2) is 27.4 Å². The monoisotopic (exact) mass is 832 g/mol. The first-order valence-corrected chi connectivity index (χ1v) is 22.7. The first-order chi connectivity index (χ1) is 29.8. The van der Waals surface area contributed by atoms with Crippen molar-refractivity contribution in [1.29, 1.82) is 0 Å². The largest absolute Gasteiger partial charge is 0.290 e. The summed E-state index contributed by atoms with van der Waals surface area (Å²) in [5.74, 6) is 3.99. The standard InChI is InChI=1S/3C19H21N2/c1-12-13(2)21-18(20(12)5)16-10-14-8-6-7-9-15(14)11-17(16)19(21,3)4;1-12-13(2)21-18(20(12)5)17-15-9-7-6-8-14(15)10-11-16(17)19(21,3)4;1-12-13(2)21-18(20(12)5)16-11-10-14-8-6-7-9-15(14)17(16)19(21,3)4/h3*6-11H,1-5H3/q3*+1. The van der Waals surface area contributed by atoms with E-state index in [4.69, 9.17) is 0 Å². The minimum Gasteiger partial charge on any atom is -0.230 e. The second-order valence-electron chi connectivity index (χ2n) is 20.0. The summed E-state index contributed by atoms with van der Waals surface area (Å²) < 4.78 is 14.5. The molecule has 0 saturated heterocycles. The molecule has 6 aromatic carbocycles. The summed E-state index contributed by atoms with van der Waals surface area (Å²) in [6, 6.07) is 39.9. The topological polar surface area (TPSA) is 26.4 Å². The molecule has 0 radical (unpaired) electrons. The van der Waals surface area contributed by atoms with Crippen LogP contribution >= 0.6 is 0 Å². The van der Waals surface area contributed by atoms with Gasteiger partial charge in [0, 0.05) is 58.2 Å². The third kappa shape index (κ3) is 5.39. The van der Waals surface area contributed by atoms with Crippen LogP contribution in [0.25, 0.3) is 66.5 Å². The van der Waals surface area contributed by atoms with E-state index in [0.717, 1.165) is 0 Å². The van der Waals surface area contributed by atoms with Gasteiger partial charge in [0.2, 0.25) is 0 Å². The summed E-state index contributed by atoms with van der Waals surface area (Å²) in [5.41, 5.74) is 16.6. The van der Waals surface area contributed by atoms with Crippen LogP contribution in [-0.4, -0.2) is 13.7 Å². The summed E-state index contributed by atoms with van der Waals surface area (Å²) in [6.07, 6.45) is 0. The van der Waals surface area contributed by atoms with Crippen molar-refractivity contribution in [3.8, 4) is 34.2 Å². The number of rotatable bonds is 0. The lowest BCUT2D eigenvalue weighted by atomic mass is 9.88. The van der Waals surface area contributed by atoms with Gasteiger partial charge in [0.1, 0.15) is 50.8 Å². The molecule has 9 aromatic rings. The highest BCUT2D eigenvalue weighted by Gasteiger charge is 2.49. The highest BCUT2D eigenvalue weighted by atomic mass is 15.2. The summed E-state index contributed by atoms with van der Waals surface area (Å²) in [4.78, 5) is 0. The van der Waals surface area contributed by atoms with Crippen LogP contribution in [0, 0.1) is 41.5 Å². The van der Waals surface area contributed by atoms with Crippen LogP contribution in [0.5, 0.6) is 0 Å². The summed E-state index contributed by atoms with van der Waals surface area (Å²) in [6.45, 7) is 27.3. The van der Waals surface area contributed by atoms with Gasteiger partial charge in [-0.1, -0.05) is 91.0 Å². The molecule has 0 fully saturated rings. The van der Waals surface area contributed by atoms with E-state index in [0.29, 0.717) is 0 Å². The quantitative estimate of drug-likeness (QED) is 0.136. The van der Waals surface area contributed by atoms with E-state index in [-0.39, 0.29) is 16.6 Å². The highest BCUT2D eigenvalue weighted by Crippen LogP contribution is 2.49. The van der Waals surface area contributed by atoms with Gasteiger partial charge in [0.15, 0.2) is 0 Å². The zero-order valence-corrected chi connectivity index (χ0v) is 40.1. The number of hydrogen-bond acceptors (Lipinski definition) is 0. The molecule has 3 aliphatic rings. The molecule has 0 saturated carbocycles. The first-order valence-electron chi connectivity index (χ1n) is 22.7. The van der Waals surface area contributed by atoms with E-state index >= 15 is 0 Å². The number of aromatic nitrogens is 6. The van der Waals surface area contributed by atoms with Crippen LogP contribution in [0.3, 0.4) is 0 Å². The molecule has 0 bridgehead atoms. The third-order valence-corrected chi connectivity index (χ3v) is 15.7. The second-order valence-corrected chi connectivity index (χ2v) is 20.0. The van der Waals surface area contributed by atoms with Crippen molar-refractivity contribution >= 4 is 32.3 Å². The average molecular weight is 832 g/mol. The normalized spacial score (nSPS) is 15.3. The number of imidazole rings is 3. The Morgan fingerprint density at radius 2 is 0.794 bits per heavy atom. The van der Waals surface area contributed by atoms with Gasteiger partial charge in [-0.3, -0.25) is 0 Å². The Bertz CT molecular complexity index is 3380. The van der Waals surface area contributed by atoms with Crippen LogP contribution < -0.4 is 13.7 Å². The Kier molecular flexibility index (Phi) is 8.81. The van der Waals surface area contributed by atoms with Crippen LogP contribution in [0.4, 0.5) is 0 Å². The molecule has 0 spiro atoms. The Morgan fingerprint density at radius 1 is 0.381 bits per heavy atom. The molecular formula is C57H63N6+3. The van der Waals surface area contributed by atoms with Gasteiger partial charge in [-0.05, 0) is 92.1 Å². The Morgan fingerprint density at radius 3 is 1.38 bits per heavy atom. The van der Waals surface area contributed by atoms with E-state index in [1.807, 2.05) is 0 Å². The smallest absolute Gasteiger partial charge is 0.230 e. The fourth-order valence-electron chi connectivity index (χ4n) is 12.0. The Balaban J connectivity index is 0.000000112. The minimum absolute atomic E-state index is 0.00476. The van der Waals surface area contributed by atoms with Crippen molar-refractivity contribution in [2.24, 2.45) is 21.1 Å². The highest BCUT2D eigenvalue weighted by molar-refractivity contribution is 5.98. The lowest BCUT2D eigenvalue weighted by molar-refractivity contribution is -0.665. The van der Waals surface area contributed by atoms with Gasteiger partial charge in [-0.15, -0.1) is 0 Å². The first kappa shape index (κ1) is 40.8. The number of fused-ring (bicyclic) bond motifs is 14. The molecule has 0 aliphatic carbocycles. The number of nitrogens with zero attached hydrogens (tertiary/aromatic N) is 6. The van der Waals surface area contributed by atoms with Gasteiger partial charge >= 0.3 is 0 Å². The molecule has 6 nitrogen and oxygen atoms in total. The van der Waals surface area contributed by atoms with E-state index in [1.165, 1.54) is 117 Å². The molecule has 6 heterocycles. The van der Waals surface area contributed by atoms with Gasteiger partial charge in [0.05, 0.1) is 37.8 Å². The predicted octanol–water partition coefficient (Wildman–Crippen LogP) is 11.5. The van der Waals surface area contributed by atoms with E-state index in [1.54, 1.807) is 0 Å². The summed E-state index contributed by atoms with van der Waals surface area (Å²) >= 11 is 0. The SMILES string of the molecule is Cc1c(C)[n+](C)c2n1C(C)(C)c1c-2ccc2ccccc12.Cc1c(C)[n+](C)c2n1C(C)(C)c1cc3ccccc3cc1-2.Cc1c(C)[n+](C)c2n1C(C)(C)c1ccc3ccccc3c1-2. The fourth-order valence-corrected chi connectivity index (χ4v) is 12.0. The van der Waals surface area contributed by atoms with Crippen molar-refractivity contribution in [1.82, 2.24) is 13.7 Å². The molecule has 0 unspecified atom stereocenters. The second kappa shape index (κ2) is 13.6. The average Bonchev–Trinajstić information content (AvgIpc) is 3.98. The molecule has 0 amide bonds. The zero-order chi connectivity index (χ0) is 44.8. The summed E-state index contributed by atoms with van der Waals surface area (Å²) in [5, 5.41) is 8.02. The molecule has 12 rings (SSSR count). The minimum atomic E-state index is -0.0123. The van der Waals surface area contributed by atoms with E-state index in [2.05, 4.69) is 241 Å². The molecule has 318 valence electrons. The Hall–Kier alpha value is -6.27. The van der Waals surface area contributed by atoms with Crippen LogP contribution in [0.15, 0.2) is 109 Å². The predicted molar refractivity (Wildman–Crippen MR) is 259 cm³/mol. The van der Waals surface area contributed by atoms with E-state index in [9.17, 15) is 0 Å². The van der Waals surface area contributed by atoms with Crippen LogP contribution in [-0.2, 0) is 37.8 Å². The van der Waals surface area contributed by atoms with Crippen molar-refractivity contribution in [3.05, 3.63) is 160 Å². The van der Waals surface area contributed by atoms with Crippen LogP contribution in [0.2, 0.25) is 0 Å². The maximum Gasteiger partial charge on any atom is 0.290 e. The van der Waals surface area contributed by atoms with Gasteiger partial charge in [-0.2, -0.15) is 0 Å². The molecule has 0 N–H and O–H groups in total. The van der Waals surface area contributed by atoms with Crippen molar-refractivity contribution in [2.75, 3.05) is 0 Å². The van der Waals surface area contributed by atoms with E-state index < -0.39 is 0 Å². The maximum atomic E-state index is 2.50. The molecular weight excluding hydrogens is 769 g/mol. The maximum absolute atomic E-state index is 2.50.